The highest BCUT2D eigenvalue weighted by molar-refractivity contribution is 5.80. The summed E-state index contributed by atoms with van der Waals surface area (Å²) in [7, 11) is 0. The first-order chi connectivity index (χ1) is 12.6. The van der Waals surface area contributed by atoms with Gasteiger partial charge >= 0.3 is 12.1 Å². The molecule has 0 aliphatic heterocycles. The van der Waals surface area contributed by atoms with Crippen LogP contribution in [0.2, 0.25) is 0 Å². The van der Waals surface area contributed by atoms with E-state index >= 15 is 0 Å². The number of rotatable bonds is 6. The van der Waals surface area contributed by atoms with Crippen molar-refractivity contribution in [1.82, 2.24) is 30.7 Å². The number of hydrogen-bond acceptors (Lipinski definition) is 9. The van der Waals surface area contributed by atoms with Gasteiger partial charge in [0.2, 0.25) is 0 Å². The van der Waals surface area contributed by atoms with Gasteiger partial charge in [0.1, 0.15) is 11.6 Å². The Hall–Kier alpha value is -3.37. The number of carbonyl (C=O) groups is 2. The number of anilines is 2. The number of carboxylic acids is 1. The molecule has 0 aliphatic carbocycles. The number of aromatic nitrogens is 5. The lowest BCUT2D eigenvalue weighted by molar-refractivity contribution is -0.139. The van der Waals surface area contributed by atoms with E-state index in [4.69, 9.17) is 4.74 Å². The van der Waals surface area contributed by atoms with E-state index in [2.05, 4.69) is 36.0 Å². The first kappa shape index (κ1) is 19.9. The Labute approximate surface area is 155 Å². The van der Waals surface area contributed by atoms with Gasteiger partial charge in [-0.2, -0.15) is 0 Å². The van der Waals surface area contributed by atoms with E-state index in [1.54, 1.807) is 33.8 Å². The molecule has 1 atom stereocenters. The molecule has 0 spiro atoms. The van der Waals surface area contributed by atoms with Crippen molar-refractivity contribution in [2.24, 2.45) is 0 Å². The monoisotopic (exact) mass is 375 g/mol. The molecule has 2 heterocycles. The molecule has 0 bridgehead atoms. The first-order valence-corrected chi connectivity index (χ1v) is 8.09. The molecule has 0 aromatic carbocycles. The number of hydrogen-bond donors (Lipinski definition) is 3. The summed E-state index contributed by atoms with van der Waals surface area (Å²) in [6, 6.07) is 0.499. The Morgan fingerprint density at radius 2 is 1.85 bits per heavy atom. The van der Waals surface area contributed by atoms with Gasteiger partial charge in [-0.25, -0.2) is 9.59 Å². The normalized spacial score (nSPS) is 12.1. The van der Waals surface area contributed by atoms with E-state index in [0.29, 0.717) is 17.1 Å². The number of alkyl carbamates (subject to hydrolysis) is 1. The van der Waals surface area contributed by atoms with E-state index in [-0.39, 0.29) is 12.4 Å². The van der Waals surface area contributed by atoms with Gasteiger partial charge in [0, 0.05) is 12.6 Å². The second-order valence-corrected chi connectivity index (χ2v) is 6.72. The van der Waals surface area contributed by atoms with Crippen LogP contribution >= 0.6 is 0 Å². The van der Waals surface area contributed by atoms with Crippen molar-refractivity contribution in [2.75, 3.05) is 5.32 Å². The maximum absolute atomic E-state index is 11.8. The summed E-state index contributed by atoms with van der Waals surface area (Å²) >= 11 is 0. The van der Waals surface area contributed by atoms with Crippen molar-refractivity contribution in [1.29, 1.82) is 0 Å². The number of amides is 1. The van der Waals surface area contributed by atoms with Gasteiger partial charge in [-0.1, -0.05) is 0 Å². The predicted molar refractivity (Wildman–Crippen MR) is 94.4 cm³/mol. The Bertz CT molecular complexity index is 805. The van der Waals surface area contributed by atoms with Crippen molar-refractivity contribution in [2.45, 2.75) is 45.8 Å². The van der Waals surface area contributed by atoms with Gasteiger partial charge in [0.25, 0.3) is 5.95 Å². The molecule has 2 aromatic heterocycles. The molecule has 2 rings (SSSR count). The number of nitrogens with one attached hydrogen (secondary N) is 2. The Balaban J connectivity index is 2.06. The molecule has 0 unspecified atom stereocenters. The van der Waals surface area contributed by atoms with Crippen LogP contribution < -0.4 is 10.6 Å². The van der Waals surface area contributed by atoms with E-state index in [9.17, 15) is 14.7 Å². The smallest absolute Gasteiger partial charge is 0.408 e. The van der Waals surface area contributed by atoms with Crippen molar-refractivity contribution in [3.8, 4) is 0 Å². The van der Waals surface area contributed by atoms with E-state index in [1.807, 2.05) is 0 Å². The summed E-state index contributed by atoms with van der Waals surface area (Å²) in [4.78, 5) is 27.4. The molecular weight excluding hydrogens is 354 g/mol. The minimum absolute atomic E-state index is 0.0162. The number of carboxylic acid groups (broad SMARTS) is 1. The zero-order valence-electron chi connectivity index (χ0n) is 15.4. The number of ether oxygens (including phenoxy) is 1. The molecule has 0 fully saturated rings. The molecule has 0 saturated carbocycles. The average Bonchev–Trinajstić information content (AvgIpc) is 2.55. The van der Waals surface area contributed by atoms with Crippen LogP contribution in [-0.4, -0.2) is 54.2 Å². The molecule has 3 N–H and O–H groups in total. The minimum Gasteiger partial charge on any atom is -0.480 e. The van der Waals surface area contributed by atoms with Crippen LogP contribution in [0, 0.1) is 6.92 Å². The number of aryl methyl sites for hydroxylation is 1. The summed E-state index contributed by atoms with van der Waals surface area (Å²) in [6.07, 6.45) is 2.23. The highest BCUT2D eigenvalue weighted by Gasteiger charge is 2.24. The third-order valence-electron chi connectivity index (χ3n) is 3.06. The number of pyridine rings is 1. The Kier molecular flexibility index (Phi) is 6.16. The fraction of sp³-hybridized carbons (Fsp3) is 0.438. The molecule has 0 aliphatic rings. The highest BCUT2D eigenvalue weighted by Crippen LogP contribution is 2.14. The molecule has 2 aromatic rings. The minimum atomic E-state index is -1.19. The van der Waals surface area contributed by atoms with Crippen LogP contribution in [-0.2, 0) is 16.0 Å². The summed E-state index contributed by atoms with van der Waals surface area (Å²) < 4.78 is 5.10. The quantitative estimate of drug-likeness (QED) is 0.672. The van der Waals surface area contributed by atoms with Crippen LogP contribution in [0.4, 0.5) is 16.4 Å². The van der Waals surface area contributed by atoms with Crippen LogP contribution in [0.3, 0.4) is 0 Å². The molecule has 1 amide bonds. The zero-order chi connectivity index (χ0) is 20.0. The second kappa shape index (κ2) is 8.34. The third-order valence-corrected chi connectivity index (χ3v) is 3.06. The lowest BCUT2D eigenvalue weighted by atomic mass is 10.1. The number of carbonyl (C=O) groups excluding carboxylic acids is 1. The molecular formula is C16H21N7O4. The van der Waals surface area contributed by atoms with Crippen LogP contribution in [0.25, 0.3) is 0 Å². The second-order valence-electron chi connectivity index (χ2n) is 6.72. The predicted octanol–water partition coefficient (Wildman–Crippen LogP) is 1.23. The summed E-state index contributed by atoms with van der Waals surface area (Å²) in [6.45, 7) is 6.74. The standard InChI is InChI=1S/C16H21N7O4/c1-9-20-22-14(23-21-9)18-11-5-10(7-17-8-11)6-12(13(24)25)19-15(26)27-16(2,3)4/h5,7-8,12H,6H2,1-4H3,(H,19,26)(H,24,25)(H,18,22,23)/t12-/m0/s1. The van der Waals surface area contributed by atoms with E-state index in [0.717, 1.165) is 0 Å². The van der Waals surface area contributed by atoms with Gasteiger partial charge in [0.15, 0.2) is 5.82 Å². The van der Waals surface area contributed by atoms with Crippen LogP contribution in [0.1, 0.15) is 32.2 Å². The van der Waals surface area contributed by atoms with Crippen molar-refractivity contribution < 1.29 is 19.4 Å². The van der Waals surface area contributed by atoms with E-state index in [1.165, 1.54) is 12.4 Å². The summed E-state index contributed by atoms with van der Waals surface area (Å²) in [5.41, 5.74) is 0.382. The van der Waals surface area contributed by atoms with Gasteiger partial charge in [-0.05, 0) is 39.3 Å². The molecule has 144 valence electrons. The van der Waals surface area contributed by atoms with Crippen molar-refractivity contribution >= 4 is 23.7 Å². The van der Waals surface area contributed by atoms with Crippen molar-refractivity contribution in [3.05, 3.63) is 29.8 Å². The van der Waals surface area contributed by atoms with Crippen LogP contribution in [0.15, 0.2) is 18.5 Å². The van der Waals surface area contributed by atoms with Gasteiger partial charge < -0.3 is 20.5 Å². The maximum atomic E-state index is 11.8. The topological polar surface area (TPSA) is 152 Å². The lowest BCUT2D eigenvalue weighted by Gasteiger charge is -2.22. The van der Waals surface area contributed by atoms with Gasteiger partial charge in [-0.3, -0.25) is 4.98 Å². The third kappa shape index (κ3) is 6.80. The largest absolute Gasteiger partial charge is 0.480 e. The van der Waals surface area contributed by atoms with E-state index < -0.39 is 23.7 Å². The maximum Gasteiger partial charge on any atom is 0.408 e. The fourth-order valence-corrected chi connectivity index (χ4v) is 2.01. The lowest BCUT2D eigenvalue weighted by Crippen LogP contribution is -2.44. The zero-order valence-corrected chi connectivity index (χ0v) is 15.4. The SMILES string of the molecule is Cc1nnc(Nc2cncc(C[C@H](NC(=O)OC(C)(C)C)C(=O)O)c2)nn1. The molecule has 0 saturated heterocycles. The van der Waals surface area contributed by atoms with Gasteiger partial charge in [-0.15, -0.1) is 20.4 Å². The fourth-order valence-electron chi connectivity index (χ4n) is 2.01. The molecule has 11 nitrogen and oxygen atoms in total. The Morgan fingerprint density at radius 1 is 1.19 bits per heavy atom. The average molecular weight is 375 g/mol. The highest BCUT2D eigenvalue weighted by atomic mass is 16.6. The Morgan fingerprint density at radius 3 is 2.44 bits per heavy atom. The summed E-state index contributed by atoms with van der Waals surface area (Å²) in [5.74, 6) is -0.569. The molecule has 11 heteroatoms. The molecule has 27 heavy (non-hydrogen) atoms. The van der Waals surface area contributed by atoms with Gasteiger partial charge in [0.05, 0.1) is 11.9 Å². The van der Waals surface area contributed by atoms with Crippen LogP contribution in [0.5, 0.6) is 0 Å². The molecule has 0 radical (unpaired) electrons. The van der Waals surface area contributed by atoms with Crippen molar-refractivity contribution in [3.63, 3.8) is 0 Å². The summed E-state index contributed by atoms with van der Waals surface area (Å²) in [5, 5.41) is 29.8. The first-order valence-electron chi connectivity index (χ1n) is 8.09. The number of aliphatic carboxylic acids is 1. The number of nitrogens with zero attached hydrogens (tertiary/aromatic N) is 5.